The molecule has 0 saturated heterocycles. The summed E-state index contributed by atoms with van der Waals surface area (Å²) in [4.78, 5) is 0. The third kappa shape index (κ3) is 4.08. The number of hydrogen-bond donors (Lipinski definition) is 1. The molecule has 0 bridgehead atoms. The van der Waals surface area contributed by atoms with E-state index in [0.717, 1.165) is 17.1 Å². The molecule has 0 amide bonds. The van der Waals surface area contributed by atoms with Crippen LogP contribution in [0, 0.1) is 13.8 Å². The van der Waals surface area contributed by atoms with Crippen LogP contribution in [0.5, 0.6) is 0 Å². The molecule has 0 aliphatic rings. The van der Waals surface area contributed by atoms with Crippen molar-refractivity contribution in [2.24, 2.45) is 0 Å². The van der Waals surface area contributed by atoms with Gasteiger partial charge in [0.15, 0.2) is 0 Å². The van der Waals surface area contributed by atoms with E-state index in [1.54, 1.807) is 0 Å². The predicted octanol–water partition coefficient (Wildman–Crippen LogP) is 9.32. The number of fused-ring (bicyclic) bond motifs is 1. The van der Waals surface area contributed by atoms with Crippen LogP contribution >= 0.6 is 0 Å². The smallest absolute Gasteiger partial charge is 0.0534 e. The van der Waals surface area contributed by atoms with Crippen molar-refractivity contribution < 1.29 is 0 Å². The van der Waals surface area contributed by atoms with Crippen LogP contribution in [0.15, 0.2) is 127 Å². The van der Waals surface area contributed by atoms with Crippen LogP contribution in [0.4, 0.5) is 11.4 Å². The van der Waals surface area contributed by atoms with E-state index in [0.29, 0.717) is 0 Å². The minimum absolute atomic E-state index is 1.07. The maximum absolute atomic E-state index is 3.58. The van der Waals surface area contributed by atoms with Crippen molar-refractivity contribution in [3.63, 3.8) is 0 Å². The van der Waals surface area contributed by atoms with E-state index in [2.05, 4.69) is 145 Å². The zero-order valence-corrected chi connectivity index (χ0v) is 20.6. The summed E-state index contributed by atoms with van der Waals surface area (Å²) in [7, 11) is 0. The Bertz CT molecular complexity index is 1640. The highest BCUT2D eigenvalue weighted by Gasteiger charge is 2.14. The number of benzene rings is 5. The average molecular weight is 465 g/mol. The fourth-order valence-corrected chi connectivity index (χ4v) is 4.98. The van der Waals surface area contributed by atoms with E-state index in [1.807, 2.05) is 6.07 Å². The predicted molar refractivity (Wildman–Crippen MR) is 153 cm³/mol. The van der Waals surface area contributed by atoms with Gasteiger partial charge >= 0.3 is 0 Å². The lowest BCUT2D eigenvalue weighted by molar-refractivity contribution is 1.04. The molecule has 2 nitrogen and oxygen atoms in total. The largest absolute Gasteiger partial charge is 0.355 e. The Morgan fingerprint density at radius 2 is 1.11 bits per heavy atom. The summed E-state index contributed by atoms with van der Waals surface area (Å²) in [5, 5.41) is 4.88. The summed E-state index contributed by atoms with van der Waals surface area (Å²) in [5.41, 5.74) is 12.0. The Kier molecular flexibility index (Phi) is 5.63. The Morgan fingerprint density at radius 1 is 0.500 bits per heavy atom. The fraction of sp³-hybridized carbons (Fsp3) is 0.0588. The molecule has 0 saturated carbocycles. The summed E-state index contributed by atoms with van der Waals surface area (Å²) in [6.45, 7) is 4.43. The van der Waals surface area contributed by atoms with Crippen LogP contribution in [0.2, 0.25) is 0 Å². The van der Waals surface area contributed by atoms with Crippen LogP contribution in [0.25, 0.3) is 38.8 Å². The first kappa shape index (κ1) is 21.9. The molecular weight excluding hydrogens is 436 g/mol. The number of hydrogen-bond acceptors (Lipinski definition) is 1. The molecule has 0 aliphatic carbocycles. The quantitative estimate of drug-likeness (QED) is 0.269. The van der Waals surface area contributed by atoms with E-state index < -0.39 is 0 Å². The SMILES string of the molecule is Cc1c(C)n(-c2cccc(Nc3ccc(-c4ccccc4)cc3)c2)c2ccc(-c3ccccc3)cc12. The van der Waals surface area contributed by atoms with Gasteiger partial charge in [-0.25, -0.2) is 0 Å². The molecule has 0 fully saturated rings. The number of nitrogens with zero attached hydrogens (tertiary/aromatic N) is 1. The van der Waals surface area contributed by atoms with Gasteiger partial charge in [0.05, 0.1) is 5.52 Å². The van der Waals surface area contributed by atoms with E-state index in [-0.39, 0.29) is 0 Å². The standard InChI is InChI=1S/C34H28N2/c1-24-25(2)36(34-21-18-29(22-33(24)34)27-12-7-4-8-13-27)32-15-9-14-31(23-32)35-30-19-16-28(17-20-30)26-10-5-3-6-11-26/h3-23,35H,1-2H3. The lowest BCUT2D eigenvalue weighted by atomic mass is 10.0. The van der Waals surface area contributed by atoms with Gasteiger partial charge in [-0.2, -0.15) is 0 Å². The van der Waals surface area contributed by atoms with Crippen molar-refractivity contribution in [2.75, 3.05) is 5.32 Å². The molecule has 0 aliphatic heterocycles. The third-order valence-corrected chi connectivity index (χ3v) is 7.01. The highest BCUT2D eigenvalue weighted by molar-refractivity contribution is 5.91. The van der Waals surface area contributed by atoms with Crippen molar-refractivity contribution in [1.82, 2.24) is 4.57 Å². The van der Waals surface area contributed by atoms with Crippen LogP contribution in [0.1, 0.15) is 11.3 Å². The molecule has 0 unspecified atom stereocenters. The number of aryl methyl sites for hydroxylation is 1. The Morgan fingerprint density at radius 3 is 1.81 bits per heavy atom. The summed E-state index contributed by atoms with van der Waals surface area (Å²) in [5.74, 6) is 0. The minimum Gasteiger partial charge on any atom is -0.355 e. The average Bonchev–Trinajstić information content (AvgIpc) is 3.19. The Hall–Kier alpha value is -4.56. The van der Waals surface area contributed by atoms with Gasteiger partial charge in [0.25, 0.3) is 0 Å². The number of anilines is 2. The second-order valence-corrected chi connectivity index (χ2v) is 9.26. The van der Waals surface area contributed by atoms with Crippen LogP contribution in [-0.4, -0.2) is 4.57 Å². The molecule has 5 aromatic carbocycles. The monoisotopic (exact) mass is 464 g/mol. The highest BCUT2D eigenvalue weighted by atomic mass is 15.0. The maximum atomic E-state index is 3.58. The first-order valence-electron chi connectivity index (χ1n) is 12.4. The van der Waals surface area contributed by atoms with E-state index >= 15 is 0 Å². The highest BCUT2D eigenvalue weighted by Crippen LogP contribution is 2.33. The van der Waals surface area contributed by atoms with Crippen LogP contribution in [0.3, 0.4) is 0 Å². The first-order valence-corrected chi connectivity index (χ1v) is 12.4. The minimum atomic E-state index is 1.07. The third-order valence-electron chi connectivity index (χ3n) is 7.01. The summed E-state index contributed by atoms with van der Waals surface area (Å²) in [6, 6.07) is 45.1. The summed E-state index contributed by atoms with van der Waals surface area (Å²) < 4.78 is 2.36. The topological polar surface area (TPSA) is 17.0 Å². The normalized spacial score (nSPS) is 11.1. The van der Waals surface area contributed by atoms with Crippen molar-refractivity contribution in [2.45, 2.75) is 13.8 Å². The molecule has 0 atom stereocenters. The van der Waals surface area contributed by atoms with Gasteiger partial charge in [-0.05, 0) is 84.1 Å². The fourth-order valence-electron chi connectivity index (χ4n) is 4.98. The van der Waals surface area contributed by atoms with Crippen LogP contribution in [-0.2, 0) is 0 Å². The summed E-state index contributed by atoms with van der Waals surface area (Å²) in [6.07, 6.45) is 0. The number of rotatable bonds is 5. The van der Waals surface area contributed by atoms with Gasteiger partial charge in [-0.3, -0.25) is 0 Å². The van der Waals surface area contributed by atoms with Gasteiger partial charge in [0.1, 0.15) is 0 Å². The molecule has 36 heavy (non-hydrogen) atoms. The molecule has 2 heteroatoms. The van der Waals surface area contributed by atoms with E-state index in [4.69, 9.17) is 0 Å². The van der Waals surface area contributed by atoms with E-state index in [1.165, 1.54) is 44.4 Å². The van der Waals surface area contributed by atoms with Gasteiger partial charge in [0, 0.05) is 28.1 Å². The second-order valence-electron chi connectivity index (χ2n) is 9.26. The van der Waals surface area contributed by atoms with Gasteiger partial charge in [-0.1, -0.05) is 84.9 Å². The molecule has 1 heterocycles. The Labute approximate surface area is 212 Å². The lowest BCUT2D eigenvalue weighted by Crippen LogP contribution is -1.98. The molecule has 0 radical (unpaired) electrons. The first-order chi connectivity index (χ1) is 17.7. The second kappa shape index (κ2) is 9.24. The number of aromatic nitrogens is 1. The van der Waals surface area contributed by atoms with Gasteiger partial charge in [-0.15, -0.1) is 0 Å². The molecule has 6 aromatic rings. The van der Waals surface area contributed by atoms with Crippen molar-refractivity contribution in [3.8, 4) is 27.9 Å². The molecule has 174 valence electrons. The van der Waals surface area contributed by atoms with Gasteiger partial charge in [0.2, 0.25) is 0 Å². The van der Waals surface area contributed by atoms with E-state index in [9.17, 15) is 0 Å². The maximum Gasteiger partial charge on any atom is 0.0534 e. The van der Waals surface area contributed by atoms with Gasteiger partial charge < -0.3 is 9.88 Å². The van der Waals surface area contributed by atoms with Crippen molar-refractivity contribution in [1.29, 1.82) is 0 Å². The van der Waals surface area contributed by atoms with Crippen molar-refractivity contribution in [3.05, 3.63) is 139 Å². The van der Waals surface area contributed by atoms with Crippen LogP contribution < -0.4 is 5.32 Å². The molecular formula is C34H28N2. The van der Waals surface area contributed by atoms with Crippen molar-refractivity contribution >= 4 is 22.3 Å². The lowest BCUT2D eigenvalue weighted by Gasteiger charge is -2.13. The molecule has 6 rings (SSSR count). The zero-order valence-electron chi connectivity index (χ0n) is 20.6. The molecule has 1 N–H and O–H groups in total. The zero-order chi connectivity index (χ0) is 24.5. The Balaban J connectivity index is 1.32. The molecule has 0 spiro atoms. The summed E-state index contributed by atoms with van der Waals surface area (Å²) >= 11 is 0. The number of nitrogens with one attached hydrogen (secondary N) is 1. The molecule has 1 aromatic heterocycles.